The fourth-order valence-corrected chi connectivity index (χ4v) is 12.0. The zero-order valence-corrected chi connectivity index (χ0v) is 43.7. The van der Waals surface area contributed by atoms with Crippen molar-refractivity contribution in [2.24, 2.45) is 9.98 Å². The Hall–Kier alpha value is -10.0. The Labute approximate surface area is 459 Å². The molecule has 0 unspecified atom stereocenters. The average molecular weight is 1110 g/mol. The van der Waals surface area contributed by atoms with E-state index in [0.29, 0.717) is 36.5 Å². The highest BCUT2D eigenvalue weighted by atomic mass is 32.1. The molecule has 10 rings (SSSR count). The van der Waals surface area contributed by atoms with Crippen LogP contribution in [0.15, 0.2) is 166 Å². The van der Waals surface area contributed by atoms with Gasteiger partial charge >= 0.3 is 29.7 Å². The molecule has 3 aromatic heterocycles. The molecule has 0 spiro atoms. The van der Waals surface area contributed by atoms with Crippen LogP contribution in [0.25, 0.3) is 19.2 Å². The van der Waals surface area contributed by atoms with Crippen LogP contribution in [-0.4, -0.2) is 69.0 Å². The van der Waals surface area contributed by atoms with Crippen LogP contribution < -0.4 is 4.74 Å². The Bertz CT molecular complexity index is 3880. The van der Waals surface area contributed by atoms with E-state index in [2.05, 4.69) is 9.98 Å². The van der Waals surface area contributed by atoms with Crippen molar-refractivity contribution in [2.75, 3.05) is 0 Å². The van der Waals surface area contributed by atoms with Gasteiger partial charge in [0, 0.05) is 16.7 Å². The van der Waals surface area contributed by atoms with Gasteiger partial charge in [-0.15, -0.1) is 34.0 Å². The van der Waals surface area contributed by atoms with Crippen LogP contribution in [0.1, 0.15) is 41.7 Å². The third-order valence-corrected chi connectivity index (χ3v) is 15.9. The summed E-state index contributed by atoms with van der Waals surface area (Å²) in [6, 6.07) is 40.6. The topological polar surface area (TPSA) is 261 Å². The van der Waals surface area contributed by atoms with Crippen LogP contribution in [0.2, 0.25) is 0 Å². The maximum atomic E-state index is 15.1. The molecule has 0 radical (unpaired) electrons. The zero-order valence-electron chi connectivity index (χ0n) is 41.2. The smallest absolute Gasteiger partial charge is 0.424 e. The van der Waals surface area contributed by atoms with E-state index in [1.165, 1.54) is 19.9 Å². The van der Waals surface area contributed by atoms with Crippen LogP contribution in [0.4, 0.5) is 19.6 Å². The molecule has 4 aromatic carbocycles. The lowest BCUT2D eigenvalue weighted by atomic mass is 9.91. The summed E-state index contributed by atoms with van der Waals surface area (Å²) >= 11 is 2.94. The molecule has 0 N–H and O–H groups in total. The predicted molar refractivity (Wildman–Crippen MR) is 286 cm³/mol. The van der Waals surface area contributed by atoms with Crippen molar-refractivity contribution in [3.05, 3.63) is 184 Å². The van der Waals surface area contributed by atoms with E-state index >= 15 is 9.59 Å². The molecule has 0 fully saturated rings. The highest BCUT2D eigenvalue weighted by Crippen LogP contribution is 2.60. The van der Waals surface area contributed by atoms with Gasteiger partial charge in [-0.3, -0.25) is 19.2 Å². The first-order chi connectivity index (χ1) is 38.2. The summed E-state index contributed by atoms with van der Waals surface area (Å²) in [7, 11) is 0. The molecule has 79 heavy (non-hydrogen) atoms. The summed E-state index contributed by atoms with van der Waals surface area (Å²) in [6.45, 7) is 1.38. The summed E-state index contributed by atoms with van der Waals surface area (Å²) in [5.74, 6) is -7.27. The lowest BCUT2D eigenvalue weighted by Gasteiger charge is -2.33. The molecule has 0 saturated carbocycles. The minimum atomic E-state index is -2.77. The number of benzene rings is 4. The van der Waals surface area contributed by atoms with Crippen LogP contribution in [0.5, 0.6) is 5.75 Å². The lowest BCUT2D eigenvalue weighted by Crippen LogP contribution is -2.52. The second-order valence-electron chi connectivity index (χ2n) is 17.4. The van der Waals surface area contributed by atoms with Crippen LogP contribution in [-0.2, 0) is 79.7 Å². The molecule has 22 heteroatoms. The van der Waals surface area contributed by atoms with Gasteiger partial charge in [0.25, 0.3) is 23.6 Å². The first-order valence-corrected chi connectivity index (χ1v) is 26.1. The fourth-order valence-electron chi connectivity index (χ4n) is 8.40. The van der Waals surface area contributed by atoms with Crippen molar-refractivity contribution in [1.29, 1.82) is 10.5 Å². The van der Waals surface area contributed by atoms with Gasteiger partial charge in [0.05, 0.1) is 19.2 Å². The number of thiophene rings is 3. The maximum absolute atomic E-state index is 15.1. The number of carbonyl (C=O) groups excluding carboxylic acids is 8. The van der Waals surface area contributed by atoms with Crippen molar-refractivity contribution in [3.63, 3.8) is 0 Å². The SMILES string of the molecule is CC1=C(C#N)C(=O)N(C(=O)OCc2ccccc2)C(=O)/C1=N/c1cc2c(s1)-c1sc3cc(/N=C4/C(=O)N(C(=O)OCc5ccccc5)C(=O)C(C#N)=C4C)sc3c1OC2(C(=O)OCc1ccccc1)C(=O)OCc1ccccc1. The number of rotatable bonds is 12. The predicted octanol–water partition coefficient (Wildman–Crippen LogP) is 10.0. The molecule has 390 valence electrons. The molecule has 6 heterocycles. The highest BCUT2D eigenvalue weighted by Gasteiger charge is 2.59. The Morgan fingerprint density at radius 1 is 0.532 bits per heavy atom. The molecule has 19 nitrogen and oxygen atoms in total. The molecule has 7 aromatic rings. The monoisotopic (exact) mass is 1110 g/mol. The number of fused-ring (bicyclic) bond motifs is 5. The van der Waals surface area contributed by atoms with Crippen molar-refractivity contribution in [3.8, 4) is 27.6 Å². The number of imide groups is 6. The third kappa shape index (κ3) is 9.90. The first kappa shape index (κ1) is 52.4. The van der Waals surface area contributed by atoms with Crippen molar-refractivity contribution in [1.82, 2.24) is 9.80 Å². The van der Waals surface area contributed by atoms with E-state index in [1.807, 2.05) is 0 Å². The Kier molecular flexibility index (Phi) is 14.6. The summed E-state index contributed by atoms with van der Waals surface area (Å²) in [5, 5.41) is 20.3. The minimum Gasteiger partial charge on any atom is -0.457 e. The zero-order chi connectivity index (χ0) is 55.5. The number of nitriles is 2. The summed E-state index contributed by atoms with van der Waals surface area (Å²) < 4.78 is 29.9. The number of esters is 2. The lowest BCUT2D eigenvalue weighted by molar-refractivity contribution is -0.183. The van der Waals surface area contributed by atoms with Crippen molar-refractivity contribution >= 4 is 113 Å². The molecule has 3 aliphatic rings. The van der Waals surface area contributed by atoms with E-state index in [4.69, 9.17) is 23.7 Å². The normalized spacial score (nSPS) is 15.8. The Balaban J connectivity index is 1.09. The molecule has 6 amide bonds. The summed E-state index contributed by atoms with van der Waals surface area (Å²) in [4.78, 5) is 122. The number of nitrogens with zero attached hydrogens (tertiary/aromatic N) is 6. The van der Waals surface area contributed by atoms with Gasteiger partial charge in [-0.2, -0.15) is 20.3 Å². The minimum absolute atomic E-state index is 0.0333. The van der Waals surface area contributed by atoms with Gasteiger partial charge in [0.1, 0.15) is 71.1 Å². The molecule has 0 aliphatic carbocycles. The molecule has 0 bridgehead atoms. The van der Waals surface area contributed by atoms with E-state index in [9.17, 15) is 39.3 Å². The molecule has 0 saturated heterocycles. The van der Waals surface area contributed by atoms with E-state index in [1.54, 1.807) is 140 Å². The third-order valence-electron chi connectivity index (χ3n) is 12.4. The number of ether oxygens (including phenoxy) is 5. The second-order valence-corrected chi connectivity index (χ2v) is 20.5. The highest BCUT2D eigenvalue weighted by molar-refractivity contribution is 7.33. The molecular weight excluding hydrogens is 1070 g/mol. The largest absolute Gasteiger partial charge is 0.457 e. The molecular formula is C57H36N6O13S3. The van der Waals surface area contributed by atoms with Crippen molar-refractivity contribution < 1.29 is 62.0 Å². The van der Waals surface area contributed by atoms with Crippen LogP contribution in [0.3, 0.4) is 0 Å². The summed E-state index contributed by atoms with van der Waals surface area (Å²) in [5.41, 5.74) is -2.97. The fraction of sp³-hybridized carbons (Fsp3) is 0.123. The maximum Gasteiger partial charge on any atom is 0.424 e. The molecule has 3 aliphatic heterocycles. The number of aliphatic imine (C=N–C) groups is 2. The van der Waals surface area contributed by atoms with Gasteiger partial charge in [0.2, 0.25) is 0 Å². The quantitative estimate of drug-likeness (QED) is 0.0477. The van der Waals surface area contributed by atoms with Crippen LogP contribution >= 0.6 is 34.0 Å². The second kappa shape index (κ2) is 21.9. The Morgan fingerprint density at radius 2 is 0.924 bits per heavy atom. The number of hydrogen-bond donors (Lipinski definition) is 0. The number of amides is 6. The van der Waals surface area contributed by atoms with Crippen molar-refractivity contribution in [2.45, 2.75) is 45.9 Å². The average Bonchev–Trinajstić information content (AvgIpc) is 4.16. The first-order valence-electron chi connectivity index (χ1n) is 23.6. The van der Waals surface area contributed by atoms with E-state index in [-0.39, 0.29) is 73.6 Å². The van der Waals surface area contributed by atoms with E-state index in [0.717, 1.165) is 34.0 Å². The van der Waals surface area contributed by atoms with Gasteiger partial charge in [0.15, 0.2) is 5.75 Å². The number of carbonyl (C=O) groups is 8. The molecule has 0 atom stereocenters. The van der Waals surface area contributed by atoms with Gasteiger partial charge in [-0.25, -0.2) is 29.2 Å². The van der Waals surface area contributed by atoms with Gasteiger partial charge < -0.3 is 23.7 Å². The van der Waals surface area contributed by atoms with Gasteiger partial charge in [-0.1, -0.05) is 121 Å². The van der Waals surface area contributed by atoms with Gasteiger partial charge in [-0.05, 0) is 48.2 Å². The number of hydrogen-bond acceptors (Lipinski definition) is 20. The van der Waals surface area contributed by atoms with Crippen LogP contribution in [0, 0.1) is 22.7 Å². The standard InChI is InChI=1S/C57H36N6O13S3/c1-31-37(25-58)49(64)62(55(70)74-29-35-19-11-5-12-20-35)51(66)43(31)60-41-23-39-46(78-41)48-45(76-57(39,53(68)72-27-33-15-7-3-8-16-33)54(69)73-28-34-17-9-4-10-18-34)47-40(77-48)24-42(79-47)61-44-32(2)38(26-59)50(65)63(52(44)67)56(71)75-30-36-21-13-6-14-22-36/h3-24H,27-30H2,1-2H3/b60-43+,61-44+. The summed E-state index contributed by atoms with van der Waals surface area (Å²) in [6.07, 6.45) is -2.69. The van der Waals surface area contributed by atoms with E-state index < -0.39 is 75.9 Å². The Morgan fingerprint density at radius 3 is 1.33 bits per heavy atom.